The first-order valence-electron chi connectivity index (χ1n) is 20.9. The molecule has 14 aromatic rings. The fourth-order valence-corrected chi connectivity index (χ4v) is 12.3. The van der Waals surface area contributed by atoms with E-state index in [1.165, 1.54) is 76.0 Å². The van der Waals surface area contributed by atoms with Crippen LogP contribution in [0.1, 0.15) is 25.0 Å². The van der Waals surface area contributed by atoms with Crippen LogP contribution in [-0.2, 0) is 5.41 Å². The van der Waals surface area contributed by atoms with E-state index in [0.29, 0.717) is 5.95 Å². The largest absolute Gasteiger partial charge is 0.456 e. The van der Waals surface area contributed by atoms with Gasteiger partial charge in [-0.15, -0.1) is 11.3 Å². The predicted octanol–water partition coefficient (Wildman–Crippen LogP) is 14.9. The molecule has 15 rings (SSSR count). The highest BCUT2D eigenvalue weighted by Crippen LogP contribution is 2.51. The fraction of sp³-hybridized carbons (Fsp3) is 0.0545. The number of thiophene rings is 1. The molecule has 0 unspecified atom stereocenters. The standard InChI is InChI=1S/C55H32N4OS/c1-55(2)37-13-6-3-10-32(37)33-23-22-31(28-38(33)55)29-18-20-30(21-19-29)51-46-36-12-5-8-17-45(36)61-53(46)57-54(56-51)59-41-16-9-15-40-47(41)48-42(59)25-27-43-49(48)50-44(60-43)26-24-35-34-11-4-7-14-39(34)58(40)52(35)50/h3-28H,1-2H3. The second-order valence-electron chi connectivity index (χ2n) is 17.3. The Bertz CT molecular complexity index is 4200. The van der Waals surface area contributed by atoms with Crippen molar-refractivity contribution < 1.29 is 4.42 Å². The Morgan fingerprint density at radius 2 is 1.20 bits per heavy atom. The Kier molecular flexibility index (Phi) is 5.82. The normalized spacial score (nSPS) is 13.9. The molecule has 1 aliphatic carbocycles. The number of furan rings is 1. The topological polar surface area (TPSA) is 48.3 Å². The minimum atomic E-state index is -0.0578. The van der Waals surface area contributed by atoms with Crippen LogP contribution in [0.2, 0.25) is 0 Å². The van der Waals surface area contributed by atoms with E-state index in [4.69, 9.17) is 14.4 Å². The van der Waals surface area contributed by atoms with Crippen LogP contribution in [0.15, 0.2) is 162 Å². The van der Waals surface area contributed by atoms with Gasteiger partial charge in [0.05, 0.1) is 38.7 Å². The molecule has 0 amide bonds. The number of fused-ring (bicyclic) bond motifs is 10. The number of nitrogens with zero attached hydrogens (tertiary/aromatic N) is 4. The van der Waals surface area contributed by atoms with E-state index in [1.54, 1.807) is 11.3 Å². The third kappa shape index (κ3) is 3.93. The van der Waals surface area contributed by atoms with Crippen molar-refractivity contribution in [2.75, 3.05) is 0 Å². The molecule has 0 saturated carbocycles. The first-order chi connectivity index (χ1) is 30.0. The minimum Gasteiger partial charge on any atom is -0.456 e. The van der Waals surface area contributed by atoms with Crippen molar-refractivity contribution >= 4 is 103 Å². The number of rotatable bonds is 3. The van der Waals surface area contributed by atoms with Gasteiger partial charge < -0.3 is 8.82 Å². The average Bonchev–Trinajstić information content (AvgIpc) is 4.07. The van der Waals surface area contributed by atoms with Crippen LogP contribution in [0.25, 0.3) is 131 Å². The molecule has 0 radical (unpaired) electrons. The van der Waals surface area contributed by atoms with Gasteiger partial charge >= 0.3 is 0 Å². The average molecular weight is 797 g/mol. The zero-order valence-electron chi connectivity index (χ0n) is 33.1. The molecule has 6 aromatic heterocycles. The van der Waals surface area contributed by atoms with Crippen LogP contribution < -0.4 is 0 Å². The van der Waals surface area contributed by atoms with Crippen molar-refractivity contribution in [1.82, 2.24) is 18.9 Å². The second kappa shape index (κ2) is 11.0. The number of para-hydroxylation sites is 1. The summed E-state index contributed by atoms with van der Waals surface area (Å²) in [5.41, 5.74) is 17.2. The smallest absolute Gasteiger partial charge is 0.236 e. The first kappa shape index (κ1) is 32.3. The summed E-state index contributed by atoms with van der Waals surface area (Å²) in [5, 5.41) is 9.39. The van der Waals surface area contributed by atoms with Crippen molar-refractivity contribution in [2.45, 2.75) is 19.3 Å². The maximum absolute atomic E-state index is 6.66. The molecular formula is C55H32N4OS. The molecule has 5 nitrogen and oxygen atoms in total. The molecule has 1 aliphatic rings. The highest BCUT2D eigenvalue weighted by atomic mass is 32.1. The predicted molar refractivity (Wildman–Crippen MR) is 253 cm³/mol. The molecule has 0 atom stereocenters. The van der Waals surface area contributed by atoms with Gasteiger partial charge in [-0.05, 0) is 88.0 Å². The minimum absolute atomic E-state index is 0.0578. The highest BCUT2D eigenvalue weighted by Gasteiger charge is 2.35. The fourth-order valence-electron chi connectivity index (χ4n) is 11.2. The third-order valence-electron chi connectivity index (χ3n) is 13.9. The van der Waals surface area contributed by atoms with Crippen molar-refractivity contribution in [3.05, 3.63) is 169 Å². The van der Waals surface area contributed by atoms with Gasteiger partial charge in [0.15, 0.2) is 0 Å². The molecule has 0 spiro atoms. The van der Waals surface area contributed by atoms with E-state index < -0.39 is 0 Å². The summed E-state index contributed by atoms with van der Waals surface area (Å²) in [7, 11) is 0. The molecule has 61 heavy (non-hydrogen) atoms. The Labute approximate surface area is 352 Å². The van der Waals surface area contributed by atoms with Gasteiger partial charge in [0.2, 0.25) is 5.95 Å². The molecule has 6 heterocycles. The van der Waals surface area contributed by atoms with Gasteiger partial charge in [0, 0.05) is 53.4 Å². The molecule has 0 saturated heterocycles. The van der Waals surface area contributed by atoms with E-state index >= 15 is 0 Å². The summed E-state index contributed by atoms with van der Waals surface area (Å²) in [4.78, 5) is 12.0. The van der Waals surface area contributed by atoms with Gasteiger partial charge in [-0.2, -0.15) is 0 Å². The van der Waals surface area contributed by atoms with Crippen molar-refractivity contribution in [2.24, 2.45) is 0 Å². The summed E-state index contributed by atoms with van der Waals surface area (Å²) in [6.07, 6.45) is 0. The summed E-state index contributed by atoms with van der Waals surface area (Å²) in [6.45, 7) is 4.69. The molecule has 6 heteroatoms. The zero-order chi connectivity index (χ0) is 39.9. The van der Waals surface area contributed by atoms with Crippen LogP contribution in [0.5, 0.6) is 0 Å². The lowest BCUT2D eigenvalue weighted by atomic mass is 9.81. The van der Waals surface area contributed by atoms with Gasteiger partial charge in [-0.1, -0.05) is 117 Å². The third-order valence-corrected chi connectivity index (χ3v) is 15.0. The van der Waals surface area contributed by atoms with E-state index in [1.807, 2.05) is 0 Å². The maximum atomic E-state index is 6.66. The van der Waals surface area contributed by atoms with Crippen LogP contribution >= 0.6 is 11.3 Å². The van der Waals surface area contributed by atoms with Crippen molar-refractivity contribution in [3.63, 3.8) is 0 Å². The molecule has 8 aromatic carbocycles. The molecular weight excluding hydrogens is 765 g/mol. The first-order valence-corrected chi connectivity index (χ1v) is 21.7. The zero-order valence-corrected chi connectivity index (χ0v) is 33.9. The quantitative estimate of drug-likeness (QED) is 0.179. The Balaban J connectivity index is 0.983. The van der Waals surface area contributed by atoms with Gasteiger partial charge in [0.1, 0.15) is 16.0 Å². The number of aromatic nitrogens is 4. The molecule has 284 valence electrons. The molecule has 0 bridgehead atoms. The van der Waals surface area contributed by atoms with E-state index in [-0.39, 0.29) is 5.41 Å². The monoisotopic (exact) mass is 796 g/mol. The lowest BCUT2D eigenvalue weighted by molar-refractivity contribution is 0.660. The van der Waals surface area contributed by atoms with Crippen LogP contribution in [0.4, 0.5) is 0 Å². The number of hydrogen-bond donors (Lipinski definition) is 0. The van der Waals surface area contributed by atoms with Gasteiger partial charge in [0.25, 0.3) is 0 Å². The second-order valence-corrected chi connectivity index (χ2v) is 18.3. The number of benzene rings is 8. The summed E-state index contributed by atoms with van der Waals surface area (Å²) < 4.78 is 12.6. The Hall–Kier alpha value is -7.54. The summed E-state index contributed by atoms with van der Waals surface area (Å²) in [6, 6.07) is 57.6. The SMILES string of the molecule is CC1(C)c2ccccc2-c2ccc(-c3ccc(-c4nc(-n5c6ccc7oc8ccc9c%10ccccc%10n%10c%11cccc5c%11c6c7c8c9%10)nc5sc6ccccc6c45)cc3)cc21. The Morgan fingerprint density at radius 3 is 2.11 bits per heavy atom. The summed E-state index contributed by atoms with van der Waals surface area (Å²) >= 11 is 1.73. The van der Waals surface area contributed by atoms with Gasteiger partial charge in [-0.25, -0.2) is 9.97 Å². The number of hydrogen-bond acceptors (Lipinski definition) is 4. The van der Waals surface area contributed by atoms with Crippen LogP contribution in [0, 0.1) is 0 Å². The Morgan fingerprint density at radius 1 is 0.492 bits per heavy atom. The molecule has 0 N–H and O–H groups in total. The van der Waals surface area contributed by atoms with Crippen LogP contribution in [0.3, 0.4) is 0 Å². The van der Waals surface area contributed by atoms with Crippen molar-refractivity contribution in [3.8, 4) is 39.5 Å². The van der Waals surface area contributed by atoms with E-state index in [0.717, 1.165) is 60.0 Å². The van der Waals surface area contributed by atoms with Crippen molar-refractivity contribution in [1.29, 1.82) is 0 Å². The highest BCUT2D eigenvalue weighted by molar-refractivity contribution is 7.25. The van der Waals surface area contributed by atoms with Gasteiger partial charge in [-0.3, -0.25) is 4.57 Å². The van der Waals surface area contributed by atoms with E-state index in [9.17, 15) is 0 Å². The molecule has 0 aliphatic heterocycles. The molecule has 0 fully saturated rings. The maximum Gasteiger partial charge on any atom is 0.236 e. The van der Waals surface area contributed by atoms with E-state index in [2.05, 4.69) is 181 Å². The lowest BCUT2D eigenvalue weighted by Gasteiger charge is -2.22. The summed E-state index contributed by atoms with van der Waals surface area (Å²) in [5.74, 6) is 0.658. The lowest BCUT2D eigenvalue weighted by Crippen LogP contribution is -2.14. The van der Waals surface area contributed by atoms with Crippen LogP contribution in [-0.4, -0.2) is 18.9 Å².